The van der Waals surface area contributed by atoms with Crippen LogP contribution in [0.4, 0.5) is 10.2 Å². The number of pyridine rings is 2. The minimum atomic E-state index is -1.00. The van der Waals surface area contributed by atoms with E-state index in [9.17, 15) is 19.1 Å². The summed E-state index contributed by atoms with van der Waals surface area (Å²) in [4.78, 5) is 28.0. The molecule has 0 saturated carbocycles. The topological polar surface area (TPSA) is 84.2 Å². The predicted molar refractivity (Wildman–Crippen MR) is 75.0 cm³/mol. The highest BCUT2D eigenvalue weighted by atomic mass is 19.1. The molecule has 0 aliphatic carbocycles. The number of hydrogen-bond acceptors (Lipinski definition) is 4. The van der Waals surface area contributed by atoms with Gasteiger partial charge in [0.05, 0.1) is 5.69 Å². The number of carbonyl (C=O) groups is 1. The van der Waals surface area contributed by atoms with E-state index in [2.05, 4.69) is 10.3 Å². The molecule has 0 fully saturated rings. The van der Waals surface area contributed by atoms with Crippen LogP contribution < -0.4 is 10.9 Å². The lowest BCUT2D eigenvalue weighted by Crippen LogP contribution is -2.30. The third-order valence-electron chi connectivity index (χ3n) is 3.16. The summed E-state index contributed by atoms with van der Waals surface area (Å²) in [7, 11) is 1.32. The number of hydrogen-bond donors (Lipinski definition) is 2. The Balaban J connectivity index is 2.45. The van der Waals surface area contributed by atoms with Gasteiger partial charge in [-0.05, 0) is 25.5 Å². The Hall–Kier alpha value is -2.70. The smallest absolute Gasteiger partial charge is 0.267 e. The van der Waals surface area contributed by atoms with Gasteiger partial charge in [-0.15, -0.1) is 0 Å². The molecule has 2 N–H and O–H groups in total. The SMILES string of the molecule is Cc1ccc(NC(=O)c2c(O)c(F)c(C)n(C)c2=O)nc1. The zero-order chi connectivity index (χ0) is 15.7. The highest BCUT2D eigenvalue weighted by Gasteiger charge is 2.23. The minimum absolute atomic E-state index is 0.0532. The number of amides is 1. The Morgan fingerprint density at radius 2 is 2.05 bits per heavy atom. The van der Waals surface area contributed by atoms with Crippen molar-refractivity contribution in [2.45, 2.75) is 13.8 Å². The molecule has 0 spiro atoms. The summed E-state index contributed by atoms with van der Waals surface area (Å²) in [5, 5.41) is 12.1. The molecule has 0 aliphatic rings. The molecule has 0 atom stereocenters. The van der Waals surface area contributed by atoms with Gasteiger partial charge < -0.3 is 15.0 Å². The average Bonchev–Trinajstić information content (AvgIpc) is 2.46. The average molecular weight is 291 g/mol. The van der Waals surface area contributed by atoms with E-state index in [0.29, 0.717) is 0 Å². The minimum Gasteiger partial charge on any atom is -0.504 e. The summed E-state index contributed by atoms with van der Waals surface area (Å²) in [5.74, 6) is -2.67. The standard InChI is InChI=1S/C14H14FN3O3/c1-7-4-5-9(16-6-7)17-13(20)10-12(19)11(15)8(2)18(3)14(10)21/h4-6,19H,1-3H3,(H,16,17,20). The van der Waals surface area contributed by atoms with E-state index >= 15 is 0 Å². The number of nitrogens with one attached hydrogen (secondary N) is 1. The zero-order valence-electron chi connectivity index (χ0n) is 11.8. The third kappa shape index (κ3) is 2.62. The summed E-state index contributed by atoms with van der Waals surface area (Å²) in [6.45, 7) is 3.16. The number of rotatable bonds is 2. The number of carbonyl (C=O) groups excluding carboxylic acids is 1. The molecule has 0 bridgehead atoms. The largest absolute Gasteiger partial charge is 0.504 e. The summed E-state index contributed by atoms with van der Waals surface area (Å²) in [6.07, 6.45) is 1.53. The molecular formula is C14H14FN3O3. The molecule has 0 aromatic carbocycles. The second kappa shape index (κ2) is 5.35. The van der Waals surface area contributed by atoms with E-state index in [1.165, 1.54) is 20.2 Å². The van der Waals surface area contributed by atoms with Crippen LogP contribution in [0.3, 0.4) is 0 Å². The van der Waals surface area contributed by atoms with Crippen LogP contribution in [0.2, 0.25) is 0 Å². The third-order valence-corrected chi connectivity index (χ3v) is 3.16. The molecule has 1 amide bonds. The Morgan fingerprint density at radius 3 is 2.62 bits per heavy atom. The van der Waals surface area contributed by atoms with Crippen LogP contribution in [0.5, 0.6) is 5.75 Å². The van der Waals surface area contributed by atoms with Gasteiger partial charge in [0.25, 0.3) is 11.5 Å². The van der Waals surface area contributed by atoms with Crippen LogP contribution >= 0.6 is 0 Å². The normalized spacial score (nSPS) is 10.5. The van der Waals surface area contributed by atoms with E-state index in [-0.39, 0.29) is 11.5 Å². The lowest BCUT2D eigenvalue weighted by molar-refractivity contribution is 0.102. The fourth-order valence-corrected chi connectivity index (χ4v) is 1.77. The maximum Gasteiger partial charge on any atom is 0.267 e. The van der Waals surface area contributed by atoms with E-state index in [1.54, 1.807) is 12.1 Å². The highest BCUT2D eigenvalue weighted by molar-refractivity contribution is 6.05. The van der Waals surface area contributed by atoms with Crippen molar-refractivity contribution in [1.82, 2.24) is 9.55 Å². The van der Waals surface area contributed by atoms with Crippen LogP contribution in [0.1, 0.15) is 21.6 Å². The number of anilines is 1. The van der Waals surface area contributed by atoms with Gasteiger partial charge in [-0.25, -0.2) is 9.37 Å². The first-order chi connectivity index (χ1) is 9.82. The van der Waals surface area contributed by atoms with Gasteiger partial charge in [0.1, 0.15) is 11.4 Å². The summed E-state index contributed by atoms with van der Waals surface area (Å²) in [5.41, 5.74) is -0.588. The van der Waals surface area contributed by atoms with Crippen LogP contribution in [-0.2, 0) is 7.05 Å². The quantitative estimate of drug-likeness (QED) is 0.878. The molecule has 0 aliphatic heterocycles. The van der Waals surface area contributed by atoms with Gasteiger partial charge in [-0.2, -0.15) is 0 Å². The first-order valence-electron chi connectivity index (χ1n) is 6.15. The number of nitrogens with zero attached hydrogens (tertiary/aromatic N) is 2. The monoisotopic (exact) mass is 291 g/mol. The summed E-state index contributed by atoms with van der Waals surface area (Å²) < 4.78 is 14.7. The van der Waals surface area contributed by atoms with Gasteiger partial charge in [0.2, 0.25) is 0 Å². The van der Waals surface area contributed by atoms with E-state index in [4.69, 9.17) is 0 Å². The summed E-state index contributed by atoms with van der Waals surface area (Å²) in [6, 6.07) is 3.26. The molecule has 21 heavy (non-hydrogen) atoms. The van der Waals surface area contributed by atoms with Gasteiger partial charge in [-0.3, -0.25) is 9.59 Å². The van der Waals surface area contributed by atoms with Gasteiger partial charge in [-0.1, -0.05) is 6.07 Å². The molecule has 6 nitrogen and oxygen atoms in total. The molecule has 110 valence electrons. The molecular weight excluding hydrogens is 277 g/mol. The molecule has 2 aromatic heterocycles. The second-order valence-corrected chi connectivity index (χ2v) is 4.66. The van der Waals surface area contributed by atoms with Crippen molar-refractivity contribution in [1.29, 1.82) is 0 Å². The number of aromatic nitrogens is 2. The van der Waals surface area contributed by atoms with Crippen LogP contribution in [0, 0.1) is 19.7 Å². The van der Waals surface area contributed by atoms with Gasteiger partial charge >= 0.3 is 0 Å². The Labute approximate surface area is 119 Å². The lowest BCUT2D eigenvalue weighted by Gasteiger charge is -2.11. The molecule has 0 saturated heterocycles. The molecule has 7 heteroatoms. The molecule has 2 aromatic rings. The van der Waals surface area contributed by atoms with Crippen molar-refractivity contribution in [2.24, 2.45) is 7.05 Å². The van der Waals surface area contributed by atoms with Crippen molar-refractivity contribution < 1.29 is 14.3 Å². The van der Waals surface area contributed by atoms with Crippen molar-refractivity contribution in [2.75, 3.05) is 5.32 Å². The zero-order valence-corrected chi connectivity index (χ0v) is 11.8. The predicted octanol–water partition coefficient (Wildman–Crippen LogP) is 1.49. The maximum atomic E-state index is 13.8. The molecule has 0 unspecified atom stereocenters. The molecule has 0 radical (unpaired) electrons. The summed E-state index contributed by atoms with van der Waals surface area (Å²) >= 11 is 0. The maximum absolute atomic E-state index is 13.8. The Bertz CT molecular complexity index is 767. The van der Waals surface area contributed by atoms with Crippen molar-refractivity contribution >= 4 is 11.7 Å². The Morgan fingerprint density at radius 1 is 1.38 bits per heavy atom. The number of halogens is 1. The van der Waals surface area contributed by atoms with Crippen molar-refractivity contribution in [3.63, 3.8) is 0 Å². The van der Waals surface area contributed by atoms with E-state index < -0.39 is 28.6 Å². The number of aryl methyl sites for hydroxylation is 1. The fourth-order valence-electron chi connectivity index (χ4n) is 1.77. The molecule has 2 rings (SSSR count). The Kier molecular flexibility index (Phi) is 3.75. The molecule has 2 heterocycles. The van der Waals surface area contributed by atoms with E-state index in [1.807, 2.05) is 6.92 Å². The van der Waals surface area contributed by atoms with Crippen LogP contribution in [0.15, 0.2) is 23.1 Å². The first kappa shape index (κ1) is 14.7. The van der Waals surface area contributed by atoms with E-state index in [0.717, 1.165) is 10.1 Å². The van der Waals surface area contributed by atoms with Crippen molar-refractivity contribution in [3.8, 4) is 5.75 Å². The highest BCUT2D eigenvalue weighted by Crippen LogP contribution is 2.21. The van der Waals surface area contributed by atoms with Crippen LogP contribution in [-0.4, -0.2) is 20.6 Å². The second-order valence-electron chi connectivity index (χ2n) is 4.66. The fraction of sp³-hybridized carbons (Fsp3) is 0.214. The van der Waals surface area contributed by atoms with Gasteiger partial charge in [0, 0.05) is 13.2 Å². The lowest BCUT2D eigenvalue weighted by atomic mass is 10.2. The van der Waals surface area contributed by atoms with Gasteiger partial charge in [0.15, 0.2) is 11.6 Å². The number of aromatic hydroxyl groups is 1. The first-order valence-corrected chi connectivity index (χ1v) is 6.15. The van der Waals surface area contributed by atoms with Crippen molar-refractivity contribution in [3.05, 3.63) is 51.3 Å². The van der Waals surface area contributed by atoms with Crippen LogP contribution in [0.25, 0.3) is 0 Å².